The summed E-state index contributed by atoms with van der Waals surface area (Å²) in [6.07, 6.45) is 19.5. The molecule has 0 amide bonds. The van der Waals surface area contributed by atoms with Crippen LogP contribution in [0.15, 0.2) is 59.2 Å². The molecule has 0 radical (unpaired) electrons. The molecule has 0 N–H and O–H groups in total. The standard InChI is InChI=1S/C24H35NO/c1-3-5-7-8-12-17-24(26-20-6-4-2)18-15-23(16-19-24)25-21-22-13-10-9-11-14-22/h9-11,13-16,18,21H,3-8,12,17,19-20H2,1-2H3/t24-/m1/s1. The third-order valence-corrected chi connectivity index (χ3v) is 4.97. The first-order chi connectivity index (χ1) is 12.8. The van der Waals surface area contributed by atoms with Gasteiger partial charge in [-0.25, -0.2) is 0 Å². The molecule has 0 unspecified atom stereocenters. The lowest BCUT2D eigenvalue weighted by atomic mass is 9.88. The van der Waals surface area contributed by atoms with Crippen molar-refractivity contribution < 1.29 is 4.74 Å². The zero-order valence-electron chi connectivity index (χ0n) is 16.6. The summed E-state index contributed by atoms with van der Waals surface area (Å²) < 4.78 is 6.35. The number of aliphatic imine (C=N–C) groups is 1. The lowest BCUT2D eigenvalue weighted by molar-refractivity contribution is -0.0164. The van der Waals surface area contributed by atoms with Crippen molar-refractivity contribution in [3.05, 3.63) is 59.8 Å². The van der Waals surface area contributed by atoms with Crippen molar-refractivity contribution in [2.45, 2.75) is 77.2 Å². The Morgan fingerprint density at radius 1 is 1.00 bits per heavy atom. The smallest absolute Gasteiger partial charge is 0.0901 e. The van der Waals surface area contributed by atoms with Crippen LogP contribution < -0.4 is 0 Å². The summed E-state index contributed by atoms with van der Waals surface area (Å²) in [5.74, 6) is 0. The Bertz CT molecular complexity index is 587. The van der Waals surface area contributed by atoms with Crippen molar-refractivity contribution in [3.63, 3.8) is 0 Å². The van der Waals surface area contributed by atoms with Gasteiger partial charge >= 0.3 is 0 Å². The van der Waals surface area contributed by atoms with Crippen molar-refractivity contribution in [1.82, 2.24) is 0 Å². The molecule has 1 aliphatic carbocycles. The Morgan fingerprint density at radius 2 is 1.77 bits per heavy atom. The van der Waals surface area contributed by atoms with Crippen LogP contribution in [0, 0.1) is 0 Å². The van der Waals surface area contributed by atoms with Gasteiger partial charge in [-0.1, -0.05) is 94.9 Å². The van der Waals surface area contributed by atoms with Gasteiger partial charge in [0.1, 0.15) is 0 Å². The predicted octanol–water partition coefficient (Wildman–Crippen LogP) is 6.87. The Labute approximate surface area is 160 Å². The number of unbranched alkanes of at least 4 members (excludes halogenated alkanes) is 5. The van der Waals surface area contributed by atoms with Crippen molar-refractivity contribution in [1.29, 1.82) is 0 Å². The van der Waals surface area contributed by atoms with Gasteiger partial charge in [0.15, 0.2) is 0 Å². The van der Waals surface area contributed by atoms with Gasteiger partial charge < -0.3 is 4.74 Å². The van der Waals surface area contributed by atoms with Crippen molar-refractivity contribution in [2.75, 3.05) is 6.61 Å². The summed E-state index contributed by atoms with van der Waals surface area (Å²) in [6.45, 7) is 5.33. The first kappa shape index (κ1) is 20.6. The van der Waals surface area contributed by atoms with Crippen LogP contribution in [0.2, 0.25) is 0 Å². The van der Waals surface area contributed by atoms with Crippen LogP contribution in [0.1, 0.15) is 77.2 Å². The van der Waals surface area contributed by atoms with E-state index in [9.17, 15) is 0 Å². The van der Waals surface area contributed by atoms with E-state index in [0.717, 1.165) is 37.1 Å². The summed E-state index contributed by atoms with van der Waals surface area (Å²) in [5.41, 5.74) is 2.05. The summed E-state index contributed by atoms with van der Waals surface area (Å²) in [6, 6.07) is 10.3. The van der Waals surface area contributed by atoms with Gasteiger partial charge in [-0.2, -0.15) is 0 Å². The molecule has 1 atom stereocenters. The average molecular weight is 354 g/mol. The number of ether oxygens (including phenoxy) is 1. The van der Waals surface area contributed by atoms with E-state index in [1.165, 1.54) is 38.5 Å². The predicted molar refractivity (Wildman–Crippen MR) is 113 cm³/mol. The van der Waals surface area contributed by atoms with Crippen LogP contribution in [0.4, 0.5) is 0 Å². The maximum absolute atomic E-state index is 6.35. The molecule has 2 rings (SSSR count). The van der Waals surface area contributed by atoms with E-state index in [1.807, 2.05) is 24.4 Å². The second kappa shape index (κ2) is 11.9. The largest absolute Gasteiger partial charge is 0.371 e. The van der Waals surface area contributed by atoms with Gasteiger partial charge in [0.05, 0.1) is 11.3 Å². The van der Waals surface area contributed by atoms with Gasteiger partial charge in [0.2, 0.25) is 0 Å². The van der Waals surface area contributed by atoms with Crippen LogP contribution in [0.3, 0.4) is 0 Å². The van der Waals surface area contributed by atoms with E-state index < -0.39 is 0 Å². The highest BCUT2D eigenvalue weighted by atomic mass is 16.5. The molecule has 1 aromatic rings. The maximum Gasteiger partial charge on any atom is 0.0901 e. The highest BCUT2D eigenvalue weighted by Gasteiger charge is 2.28. The fourth-order valence-corrected chi connectivity index (χ4v) is 3.25. The third kappa shape index (κ3) is 7.29. The Morgan fingerprint density at radius 3 is 2.46 bits per heavy atom. The van der Waals surface area contributed by atoms with Crippen LogP contribution in [0.5, 0.6) is 0 Å². The molecule has 0 saturated heterocycles. The Kier molecular flexibility index (Phi) is 9.41. The highest BCUT2D eigenvalue weighted by molar-refractivity contribution is 5.80. The average Bonchev–Trinajstić information content (AvgIpc) is 2.68. The lowest BCUT2D eigenvalue weighted by Crippen LogP contribution is -2.31. The number of nitrogens with zero attached hydrogens (tertiary/aromatic N) is 1. The normalized spacial score (nSPS) is 19.8. The van der Waals surface area contributed by atoms with Crippen LogP contribution in [-0.2, 0) is 4.74 Å². The van der Waals surface area contributed by atoms with E-state index in [-0.39, 0.29) is 5.60 Å². The molecule has 0 spiro atoms. The Hall–Kier alpha value is -1.67. The van der Waals surface area contributed by atoms with E-state index in [2.05, 4.69) is 49.2 Å². The molecule has 0 bridgehead atoms. The first-order valence-electron chi connectivity index (χ1n) is 10.4. The van der Waals surface area contributed by atoms with Crippen LogP contribution in [0.25, 0.3) is 0 Å². The van der Waals surface area contributed by atoms with E-state index >= 15 is 0 Å². The first-order valence-corrected chi connectivity index (χ1v) is 10.4. The van der Waals surface area contributed by atoms with Gasteiger partial charge in [-0.15, -0.1) is 0 Å². The minimum atomic E-state index is -0.118. The molecule has 0 heterocycles. The van der Waals surface area contributed by atoms with E-state index in [4.69, 9.17) is 4.74 Å². The zero-order chi connectivity index (χ0) is 18.5. The quantitative estimate of drug-likeness (QED) is 0.297. The maximum atomic E-state index is 6.35. The topological polar surface area (TPSA) is 21.6 Å². The fourth-order valence-electron chi connectivity index (χ4n) is 3.25. The summed E-state index contributed by atoms with van der Waals surface area (Å²) >= 11 is 0. The second-order valence-corrected chi connectivity index (χ2v) is 7.27. The zero-order valence-corrected chi connectivity index (χ0v) is 16.6. The van der Waals surface area contributed by atoms with Gasteiger partial charge in [-0.3, -0.25) is 4.99 Å². The fraction of sp³-hybridized carbons (Fsp3) is 0.542. The monoisotopic (exact) mass is 353 g/mol. The molecule has 1 aromatic carbocycles. The Balaban J connectivity index is 1.91. The van der Waals surface area contributed by atoms with Crippen LogP contribution in [-0.4, -0.2) is 18.4 Å². The van der Waals surface area contributed by atoms with Gasteiger partial charge in [0, 0.05) is 19.2 Å². The molecule has 1 aliphatic rings. The molecular weight excluding hydrogens is 318 g/mol. The number of hydrogen-bond donors (Lipinski definition) is 0. The molecule has 0 saturated carbocycles. The minimum absolute atomic E-state index is 0.118. The van der Waals surface area contributed by atoms with Crippen molar-refractivity contribution in [2.24, 2.45) is 4.99 Å². The second-order valence-electron chi connectivity index (χ2n) is 7.27. The van der Waals surface area contributed by atoms with Crippen molar-refractivity contribution >= 4 is 6.21 Å². The number of allylic oxidation sites excluding steroid dienone is 1. The molecule has 142 valence electrons. The number of benzene rings is 1. The molecule has 26 heavy (non-hydrogen) atoms. The molecule has 2 heteroatoms. The molecular formula is C24H35NO. The SMILES string of the molecule is CCCCCCC[C@@]1(OCCCC)C=CC(N=Cc2ccccc2)=CC1. The summed E-state index contributed by atoms with van der Waals surface area (Å²) in [5, 5.41) is 0. The lowest BCUT2D eigenvalue weighted by Gasteiger charge is -2.32. The number of hydrogen-bond acceptors (Lipinski definition) is 2. The minimum Gasteiger partial charge on any atom is -0.371 e. The van der Waals surface area contributed by atoms with E-state index in [1.54, 1.807) is 0 Å². The van der Waals surface area contributed by atoms with Gasteiger partial charge in [-0.05, 0) is 24.5 Å². The molecule has 0 aromatic heterocycles. The third-order valence-electron chi connectivity index (χ3n) is 4.97. The summed E-state index contributed by atoms with van der Waals surface area (Å²) in [4.78, 5) is 4.63. The highest BCUT2D eigenvalue weighted by Crippen LogP contribution is 2.31. The molecule has 2 nitrogen and oxygen atoms in total. The summed E-state index contributed by atoms with van der Waals surface area (Å²) in [7, 11) is 0. The van der Waals surface area contributed by atoms with Crippen LogP contribution >= 0.6 is 0 Å². The molecule has 0 aliphatic heterocycles. The number of rotatable bonds is 12. The van der Waals surface area contributed by atoms with E-state index in [0.29, 0.717) is 0 Å². The van der Waals surface area contributed by atoms with Gasteiger partial charge in [0.25, 0.3) is 0 Å². The molecule has 0 fully saturated rings. The van der Waals surface area contributed by atoms with Crippen molar-refractivity contribution in [3.8, 4) is 0 Å².